The van der Waals surface area contributed by atoms with E-state index in [0.717, 1.165) is 28.1 Å². The van der Waals surface area contributed by atoms with Crippen LogP contribution in [0.5, 0.6) is 0 Å². The Kier molecular flexibility index (Phi) is 3.78. The number of carbonyl (C=O) groups excluding carboxylic acids is 1. The van der Waals surface area contributed by atoms with E-state index >= 15 is 0 Å². The van der Waals surface area contributed by atoms with E-state index in [9.17, 15) is 4.79 Å². The molecule has 0 aliphatic heterocycles. The summed E-state index contributed by atoms with van der Waals surface area (Å²) in [6, 6.07) is 15.7. The Bertz CT molecular complexity index is 845. The lowest BCUT2D eigenvalue weighted by Gasteiger charge is -2.11. The lowest BCUT2D eigenvalue weighted by molar-refractivity contribution is -0.110. The van der Waals surface area contributed by atoms with Gasteiger partial charge in [0.2, 0.25) is 0 Å². The van der Waals surface area contributed by atoms with Gasteiger partial charge in [0.25, 0.3) is 5.91 Å². The molecule has 2 N–H and O–H groups in total. The molecule has 108 valence electrons. The van der Waals surface area contributed by atoms with Crippen LogP contribution in [0.3, 0.4) is 0 Å². The first-order valence-electron chi connectivity index (χ1n) is 6.70. The van der Waals surface area contributed by atoms with Gasteiger partial charge in [-0.2, -0.15) is 0 Å². The molecule has 3 rings (SSSR count). The Hall–Kier alpha value is -3.21. The molecule has 0 unspecified atom stereocenters. The van der Waals surface area contributed by atoms with Crippen LogP contribution in [0.2, 0.25) is 0 Å². The molecule has 22 heavy (non-hydrogen) atoms. The summed E-state index contributed by atoms with van der Waals surface area (Å²) in [4.78, 5) is 15.7. The van der Waals surface area contributed by atoms with Gasteiger partial charge in [0.15, 0.2) is 0 Å². The number of benzene rings is 2. The lowest BCUT2D eigenvalue weighted by Crippen LogP contribution is -2.12. The van der Waals surface area contributed by atoms with E-state index in [1.54, 1.807) is 12.4 Å². The maximum Gasteiger partial charge on any atom is 0.270 e. The summed E-state index contributed by atoms with van der Waals surface area (Å²) >= 11 is 0. The van der Waals surface area contributed by atoms with E-state index in [2.05, 4.69) is 15.5 Å². The van der Waals surface area contributed by atoms with Gasteiger partial charge in [0, 0.05) is 17.8 Å². The van der Waals surface area contributed by atoms with E-state index in [-0.39, 0.29) is 0 Å². The predicted octanol–water partition coefficient (Wildman–Crippen LogP) is 3.30. The van der Waals surface area contributed by atoms with Gasteiger partial charge < -0.3 is 10.5 Å². The van der Waals surface area contributed by atoms with Crippen molar-refractivity contribution in [3.63, 3.8) is 0 Å². The Morgan fingerprint density at radius 3 is 2.68 bits per heavy atom. The van der Waals surface area contributed by atoms with Crippen LogP contribution in [0.4, 0.5) is 5.69 Å². The van der Waals surface area contributed by atoms with Crippen LogP contribution in [0.15, 0.2) is 66.1 Å². The smallest absolute Gasteiger partial charge is 0.270 e. The number of nitrogens with zero attached hydrogens (tertiary/aromatic N) is 2. The van der Waals surface area contributed by atoms with Gasteiger partial charge in [-0.15, -0.1) is 0 Å². The van der Waals surface area contributed by atoms with Gasteiger partial charge in [0.05, 0.1) is 5.69 Å². The van der Waals surface area contributed by atoms with E-state index in [0.29, 0.717) is 5.69 Å². The van der Waals surface area contributed by atoms with Crippen LogP contribution in [-0.4, -0.2) is 22.3 Å². The minimum atomic E-state index is -0.500. The van der Waals surface area contributed by atoms with Gasteiger partial charge in [0.1, 0.15) is 6.21 Å². The first-order valence-corrected chi connectivity index (χ1v) is 6.70. The first kappa shape index (κ1) is 13.8. The van der Waals surface area contributed by atoms with Gasteiger partial charge >= 0.3 is 0 Å². The molecule has 5 nitrogen and oxygen atoms in total. The average Bonchev–Trinajstić information content (AvgIpc) is 2.56. The number of pyridine rings is 1. The predicted molar refractivity (Wildman–Crippen MR) is 86.1 cm³/mol. The molecule has 0 aliphatic carbocycles. The van der Waals surface area contributed by atoms with Crippen LogP contribution >= 0.6 is 0 Å². The molecule has 0 fully saturated rings. The van der Waals surface area contributed by atoms with Crippen LogP contribution < -0.4 is 5.32 Å². The third-order valence-corrected chi connectivity index (χ3v) is 3.34. The molecular formula is C17H13N3O2. The second-order valence-electron chi connectivity index (χ2n) is 4.68. The molecular weight excluding hydrogens is 278 g/mol. The summed E-state index contributed by atoms with van der Waals surface area (Å²) in [6.45, 7) is 0. The quantitative estimate of drug-likeness (QED) is 0.441. The number of amides is 1. The average molecular weight is 291 g/mol. The molecule has 0 radical (unpaired) electrons. The maximum atomic E-state index is 11.6. The Morgan fingerprint density at radius 1 is 1.09 bits per heavy atom. The van der Waals surface area contributed by atoms with Gasteiger partial charge in [-0.05, 0) is 28.6 Å². The number of fused-ring (bicyclic) bond motifs is 1. The van der Waals surface area contributed by atoms with Crippen molar-refractivity contribution in [3.05, 3.63) is 60.9 Å². The maximum absolute atomic E-state index is 11.6. The number of nitrogens with one attached hydrogen (secondary N) is 1. The Balaban J connectivity index is 2.13. The van der Waals surface area contributed by atoms with Crippen molar-refractivity contribution in [2.75, 3.05) is 5.32 Å². The zero-order valence-corrected chi connectivity index (χ0v) is 11.6. The van der Waals surface area contributed by atoms with Crippen LogP contribution in [0.1, 0.15) is 0 Å². The van der Waals surface area contributed by atoms with Crippen LogP contribution in [0, 0.1) is 0 Å². The summed E-state index contributed by atoms with van der Waals surface area (Å²) in [5.41, 5.74) is 2.77. The number of carbonyl (C=O) groups is 1. The minimum absolute atomic E-state index is 0.500. The van der Waals surface area contributed by atoms with E-state index in [1.807, 2.05) is 48.5 Å². The van der Waals surface area contributed by atoms with Crippen LogP contribution in [-0.2, 0) is 4.79 Å². The highest BCUT2D eigenvalue weighted by molar-refractivity contribution is 6.32. The normalized spacial score (nSPS) is 10.9. The topological polar surface area (TPSA) is 74.6 Å². The molecule has 0 atom stereocenters. The highest BCUT2D eigenvalue weighted by atomic mass is 16.4. The minimum Gasteiger partial charge on any atom is -0.411 e. The summed E-state index contributed by atoms with van der Waals surface area (Å²) in [6.07, 6.45) is 4.23. The van der Waals surface area contributed by atoms with Crippen molar-refractivity contribution in [3.8, 4) is 11.1 Å². The molecule has 0 saturated carbocycles. The van der Waals surface area contributed by atoms with Crippen molar-refractivity contribution >= 4 is 28.6 Å². The largest absolute Gasteiger partial charge is 0.411 e. The van der Waals surface area contributed by atoms with E-state index in [1.165, 1.54) is 0 Å². The van der Waals surface area contributed by atoms with Gasteiger partial charge in [-0.3, -0.25) is 9.78 Å². The number of hydrogen-bond acceptors (Lipinski definition) is 4. The molecule has 3 aromatic rings. The number of rotatable bonds is 3. The second kappa shape index (κ2) is 6.05. The van der Waals surface area contributed by atoms with Crippen molar-refractivity contribution < 1.29 is 10.0 Å². The van der Waals surface area contributed by atoms with Crippen molar-refractivity contribution in [2.45, 2.75) is 0 Å². The van der Waals surface area contributed by atoms with Gasteiger partial charge in [-0.1, -0.05) is 41.6 Å². The summed E-state index contributed by atoms with van der Waals surface area (Å²) in [5.74, 6) is -0.500. The molecule has 1 heterocycles. The summed E-state index contributed by atoms with van der Waals surface area (Å²) in [7, 11) is 0. The number of aromatic nitrogens is 1. The number of hydrogen-bond donors (Lipinski definition) is 2. The molecule has 0 spiro atoms. The van der Waals surface area contributed by atoms with Crippen molar-refractivity contribution in [2.24, 2.45) is 5.16 Å². The standard InChI is InChI=1S/C17H13N3O2/c21-17(11-19-22)20-16-7-6-13(12-4-2-1-3-5-12)14-8-9-18-10-15(14)16/h1-11,22H,(H,20,21)/b19-11+. The molecule has 1 amide bonds. The molecule has 1 aromatic heterocycles. The fraction of sp³-hybridized carbons (Fsp3) is 0. The molecule has 2 aromatic carbocycles. The molecule has 0 saturated heterocycles. The van der Waals surface area contributed by atoms with Gasteiger partial charge in [-0.25, -0.2) is 0 Å². The fourth-order valence-corrected chi connectivity index (χ4v) is 2.39. The zero-order chi connectivity index (χ0) is 15.4. The van der Waals surface area contributed by atoms with Crippen LogP contribution in [0.25, 0.3) is 21.9 Å². The highest BCUT2D eigenvalue weighted by Crippen LogP contribution is 2.32. The number of anilines is 1. The van der Waals surface area contributed by atoms with E-state index in [4.69, 9.17) is 5.21 Å². The molecule has 5 heteroatoms. The third kappa shape index (κ3) is 2.64. The van der Waals surface area contributed by atoms with Crippen molar-refractivity contribution in [1.29, 1.82) is 0 Å². The summed E-state index contributed by atoms with van der Waals surface area (Å²) in [5, 5.41) is 15.6. The monoisotopic (exact) mass is 291 g/mol. The third-order valence-electron chi connectivity index (χ3n) is 3.34. The highest BCUT2D eigenvalue weighted by Gasteiger charge is 2.09. The molecule has 0 aliphatic rings. The molecule has 0 bridgehead atoms. The SMILES string of the molecule is O=C(/C=N/O)Nc1ccc(-c2ccccc2)c2ccncc12. The first-order chi connectivity index (χ1) is 10.8. The van der Waals surface area contributed by atoms with Crippen molar-refractivity contribution in [1.82, 2.24) is 4.98 Å². The van der Waals surface area contributed by atoms with E-state index < -0.39 is 5.91 Å². The number of oxime groups is 1. The lowest BCUT2D eigenvalue weighted by atomic mass is 9.98. The summed E-state index contributed by atoms with van der Waals surface area (Å²) < 4.78 is 0. The zero-order valence-electron chi connectivity index (χ0n) is 11.6. The second-order valence-corrected chi connectivity index (χ2v) is 4.68. The Labute approximate surface area is 126 Å². The fourth-order valence-electron chi connectivity index (χ4n) is 2.39. The Morgan fingerprint density at radius 2 is 1.91 bits per heavy atom.